The fraction of sp³-hybridized carbons (Fsp3) is 0.250. The Kier molecular flexibility index (Phi) is 3.82. The highest BCUT2D eigenvalue weighted by atomic mass is 19.4. The molecular weight excluding hydrogens is 325 g/mol. The van der Waals surface area contributed by atoms with Crippen LogP contribution in [0.1, 0.15) is 21.5 Å². The molecule has 2 heterocycles. The number of aromatic nitrogens is 1. The average molecular weight is 338 g/mol. The normalized spacial score (nSPS) is 13.3. The van der Waals surface area contributed by atoms with Crippen molar-refractivity contribution in [2.45, 2.75) is 12.7 Å². The molecule has 3 rings (SSSR count). The van der Waals surface area contributed by atoms with E-state index in [1.807, 2.05) is 0 Å². The number of rotatable bonds is 3. The summed E-state index contributed by atoms with van der Waals surface area (Å²) in [5, 5.41) is 2.71. The average Bonchev–Trinajstić information content (AvgIpc) is 3.03. The molecule has 0 amide bonds. The maximum absolute atomic E-state index is 13.3. The van der Waals surface area contributed by atoms with Crippen molar-refractivity contribution in [3.8, 4) is 5.75 Å². The van der Waals surface area contributed by atoms with Crippen LogP contribution < -0.4 is 15.6 Å². The lowest BCUT2D eigenvalue weighted by atomic mass is 9.98. The second kappa shape index (κ2) is 5.70. The van der Waals surface area contributed by atoms with Crippen LogP contribution >= 0.6 is 0 Å². The molecule has 2 aromatic rings. The number of hydrogen-bond acceptors (Lipinski definition) is 4. The van der Waals surface area contributed by atoms with Gasteiger partial charge in [0.2, 0.25) is 0 Å². The molecule has 0 saturated carbocycles. The second-order valence-corrected chi connectivity index (χ2v) is 5.25. The van der Waals surface area contributed by atoms with Gasteiger partial charge in [-0.1, -0.05) is 0 Å². The molecule has 1 N–H and O–H groups in total. The Labute approximate surface area is 134 Å². The van der Waals surface area contributed by atoms with Gasteiger partial charge in [0, 0.05) is 24.7 Å². The molecule has 0 aliphatic carbocycles. The number of carbonyl (C=O) groups is 1. The second-order valence-electron chi connectivity index (χ2n) is 5.25. The number of nitrogens with one attached hydrogen (secondary N) is 1. The SMILES string of the molecule is COc1ccc(C(=O)c2c(C(F)(F)F)cc(=O)n3c2NCC3)cc1. The molecule has 0 bridgehead atoms. The third kappa shape index (κ3) is 2.64. The predicted octanol–water partition coefficient (Wildman–Crippen LogP) is 2.53. The number of methoxy groups -OCH3 is 1. The van der Waals surface area contributed by atoms with E-state index in [1.165, 1.54) is 31.4 Å². The summed E-state index contributed by atoms with van der Waals surface area (Å²) < 4.78 is 46.1. The molecule has 0 saturated heterocycles. The third-order valence-electron chi connectivity index (χ3n) is 3.82. The Hall–Kier alpha value is -2.77. The first-order valence-electron chi connectivity index (χ1n) is 7.10. The number of nitrogens with zero attached hydrogens (tertiary/aromatic N) is 1. The van der Waals surface area contributed by atoms with Gasteiger partial charge in [0.15, 0.2) is 5.78 Å². The number of carbonyl (C=O) groups excluding carboxylic acids is 1. The number of anilines is 1. The van der Waals surface area contributed by atoms with Crippen LogP contribution in [0.4, 0.5) is 19.0 Å². The Morgan fingerprint density at radius 3 is 2.50 bits per heavy atom. The summed E-state index contributed by atoms with van der Waals surface area (Å²) in [4.78, 5) is 24.6. The highest BCUT2D eigenvalue weighted by Gasteiger charge is 2.39. The largest absolute Gasteiger partial charge is 0.497 e. The van der Waals surface area contributed by atoms with E-state index in [2.05, 4.69) is 5.32 Å². The molecule has 1 aliphatic rings. The van der Waals surface area contributed by atoms with Gasteiger partial charge in [-0.15, -0.1) is 0 Å². The molecule has 1 aliphatic heterocycles. The number of halogens is 3. The van der Waals surface area contributed by atoms with Crippen LogP contribution in [-0.2, 0) is 12.7 Å². The topological polar surface area (TPSA) is 60.3 Å². The summed E-state index contributed by atoms with van der Waals surface area (Å²) in [6.45, 7) is 0.509. The lowest BCUT2D eigenvalue weighted by Gasteiger charge is -2.16. The molecular formula is C16H13F3N2O3. The Bertz CT molecular complexity index is 855. The van der Waals surface area contributed by atoms with E-state index in [0.717, 1.165) is 4.57 Å². The molecule has 126 valence electrons. The maximum atomic E-state index is 13.3. The van der Waals surface area contributed by atoms with Crippen LogP contribution in [0.2, 0.25) is 0 Å². The van der Waals surface area contributed by atoms with Crippen molar-refractivity contribution >= 4 is 11.6 Å². The molecule has 8 heteroatoms. The van der Waals surface area contributed by atoms with Crippen LogP contribution in [0.5, 0.6) is 5.75 Å². The fourth-order valence-corrected chi connectivity index (χ4v) is 2.68. The number of hydrogen-bond donors (Lipinski definition) is 1. The van der Waals surface area contributed by atoms with Crippen LogP contribution in [0.15, 0.2) is 35.1 Å². The quantitative estimate of drug-likeness (QED) is 0.874. The lowest BCUT2D eigenvalue weighted by molar-refractivity contribution is -0.138. The van der Waals surface area contributed by atoms with Crippen molar-refractivity contribution in [1.29, 1.82) is 0 Å². The van der Waals surface area contributed by atoms with Crippen molar-refractivity contribution < 1.29 is 22.7 Å². The van der Waals surface area contributed by atoms with Gasteiger partial charge in [-0.05, 0) is 24.3 Å². The van der Waals surface area contributed by atoms with Crippen LogP contribution in [0, 0.1) is 0 Å². The minimum atomic E-state index is -4.81. The molecule has 5 nitrogen and oxygen atoms in total. The first kappa shape index (κ1) is 16.1. The summed E-state index contributed by atoms with van der Waals surface area (Å²) in [6, 6.07) is 6.23. The maximum Gasteiger partial charge on any atom is 0.417 e. The van der Waals surface area contributed by atoms with Gasteiger partial charge in [0.25, 0.3) is 5.56 Å². The van der Waals surface area contributed by atoms with E-state index in [9.17, 15) is 22.8 Å². The van der Waals surface area contributed by atoms with Gasteiger partial charge in [0.05, 0.1) is 18.2 Å². The summed E-state index contributed by atoms with van der Waals surface area (Å²) >= 11 is 0. The molecule has 1 aromatic carbocycles. The fourth-order valence-electron chi connectivity index (χ4n) is 2.68. The van der Waals surface area contributed by atoms with Crippen molar-refractivity contribution in [3.05, 3.63) is 57.4 Å². The Morgan fingerprint density at radius 1 is 1.25 bits per heavy atom. The van der Waals surface area contributed by atoms with E-state index in [-0.39, 0.29) is 17.9 Å². The minimum absolute atomic E-state index is 0.0800. The van der Waals surface area contributed by atoms with Gasteiger partial charge in [-0.25, -0.2) is 0 Å². The summed E-state index contributed by atoms with van der Waals surface area (Å²) in [7, 11) is 1.44. The first-order chi connectivity index (χ1) is 11.3. The van der Waals surface area contributed by atoms with E-state index >= 15 is 0 Å². The molecule has 0 atom stereocenters. The van der Waals surface area contributed by atoms with Gasteiger partial charge in [0.1, 0.15) is 11.6 Å². The van der Waals surface area contributed by atoms with Gasteiger partial charge >= 0.3 is 6.18 Å². The summed E-state index contributed by atoms with van der Waals surface area (Å²) in [5.74, 6) is -0.408. The van der Waals surface area contributed by atoms with Crippen molar-refractivity contribution in [1.82, 2.24) is 4.57 Å². The third-order valence-corrected chi connectivity index (χ3v) is 3.82. The van der Waals surface area contributed by atoms with Crippen molar-refractivity contribution in [3.63, 3.8) is 0 Å². The molecule has 1 aromatic heterocycles. The van der Waals surface area contributed by atoms with E-state index in [1.54, 1.807) is 0 Å². The molecule has 0 radical (unpaired) electrons. The van der Waals surface area contributed by atoms with Crippen LogP contribution in [0.3, 0.4) is 0 Å². The molecule has 0 spiro atoms. The number of pyridine rings is 1. The summed E-state index contributed by atoms with van der Waals surface area (Å²) in [5.41, 5.74) is -2.47. The zero-order valence-corrected chi connectivity index (χ0v) is 12.6. The highest BCUT2D eigenvalue weighted by Crippen LogP contribution is 2.36. The van der Waals surface area contributed by atoms with E-state index in [4.69, 9.17) is 4.74 Å². The number of benzene rings is 1. The standard InChI is InChI=1S/C16H13F3N2O3/c1-24-10-4-2-9(3-5-10)14(23)13-11(16(17,18)19)8-12(22)21-7-6-20-15(13)21/h2-5,8,20H,6-7H2,1H3. The zero-order valence-electron chi connectivity index (χ0n) is 12.6. The Morgan fingerprint density at radius 2 is 1.92 bits per heavy atom. The van der Waals surface area contributed by atoms with E-state index < -0.39 is 28.6 Å². The van der Waals surface area contributed by atoms with E-state index in [0.29, 0.717) is 18.4 Å². The van der Waals surface area contributed by atoms with Gasteiger partial charge < -0.3 is 10.1 Å². The molecule has 0 unspecified atom stereocenters. The van der Waals surface area contributed by atoms with Crippen molar-refractivity contribution in [2.24, 2.45) is 0 Å². The number of fused-ring (bicyclic) bond motifs is 1. The lowest BCUT2D eigenvalue weighted by Crippen LogP contribution is -2.25. The zero-order chi connectivity index (χ0) is 17.5. The number of ketones is 1. The number of ether oxygens (including phenoxy) is 1. The minimum Gasteiger partial charge on any atom is -0.497 e. The first-order valence-corrected chi connectivity index (χ1v) is 7.10. The summed E-state index contributed by atoms with van der Waals surface area (Å²) in [6.07, 6.45) is -4.81. The predicted molar refractivity (Wildman–Crippen MR) is 80.6 cm³/mol. The van der Waals surface area contributed by atoms with Gasteiger partial charge in [-0.3, -0.25) is 14.2 Å². The van der Waals surface area contributed by atoms with Gasteiger partial charge in [-0.2, -0.15) is 13.2 Å². The van der Waals surface area contributed by atoms with Crippen LogP contribution in [-0.4, -0.2) is 24.0 Å². The van der Waals surface area contributed by atoms with Crippen molar-refractivity contribution in [2.75, 3.05) is 19.0 Å². The number of alkyl halides is 3. The Balaban J connectivity index is 2.20. The highest BCUT2D eigenvalue weighted by molar-refractivity contribution is 6.13. The molecule has 0 fully saturated rings. The smallest absolute Gasteiger partial charge is 0.417 e. The molecule has 24 heavy (non-hydrogen) atoms. The monoisotopic (exact) mass is 338 g/mol. The van der Waals surface area contributed by atoms with Crippen LogP contribution in [0.25, 0.3) is 0 Å².